The third kappa shape index (κ3) is 15.4. The molecule has 0 spiro atoms. The molecule has 9 aliphatic heterocycles. The van der Waals surface area contributed by atoms with Crippen molar-refractivity contribution in [3.63, 3.8) is 0 Å². The van der Waals surface area contributed by atoms with Crippen LogP contribution in [0.1, 0.15) is 47.0 Å². The van der Waals surface area contributed by atoms with Gasteiger partial charge < -0.3 is 5.43 Å². The Hall–Kier alpha value is -3.19. The molecule has 0 aromatic carbocycles. The summed E-state index contributed by atoms with van der Waals surface area (Å²) in [7, 11) is 13.1. The number of nitriles is 4. The lowest BCUT2D eigenvalue weighted by Gasteiger charge is -2.49. The summed E-state index contributed by atoms with van der Waals surface area (Å²) in [6.07, 6.45) is 2.14. The molecule has 1 aliphatic carbocycles. The molecule has 0 aromatic rings. The Bertz CT molecular complexity index is 1800. The number of fused-ring (bicyclic) bond motifs is 18. The van der Waals surface area contributed by atoms with Crippen LogP contribution >= 0.6 is 22.5 Å². The Labute approximate surface area is 415 Å². The number of hydrogen-bond donors (Lipinski definition) is 0. The van der Waals surface area contributed by atoms with Gasteiger partial charge in [0.25, 0.3) is 7.51 Å². The zero-order valence-corrected chi connectivity index (χ0v) is 46.8. The van der Waals surface area contributed by atoms with Gasteiger partial charge in [-0.15, -0.1) is 9.71 Å². The highest BCUT2D eigenvalue weighted by atomic mass is 31.2. The quantitative estimate of drug-likeness (QED) is 0.166. The monoisotopic (exact) mass is 1020 g/mol. The first kappa shape index (κ1) is 60.1. The van der Waals surface area contributed by atoms with Gasteiger partial charge in [-0.1, -0.05) is 0 Å². The number of likely N-dealkylation sites (N-methyl/N-ethyl adjacent to an activating group) is 9. The zero-order valence-electron chi connectivity index (χ0n) is 44.1. The van der Waals surface area contributed by atoms with Crippen LogP contribution in [0.4, 0.5) is 0 Å². The van der Waals surface area contributed by atoms with Gasteiger partial charge in [0.2, 0.25) is 0 Å². The van der Waals surface area contributed by atoms with Gasteiger partial charge in [-0.2, -0.15) is 31.3 Å². The van der Waals surface area contributed by atoms with Crippen molar-refractivity contribution >= 4 is 22.5 Å². The Morgan fingerprint density at radius 2 is 0.739 bits per heavy atom. The van der Waals surface area contributed by atoms with E-state index in [-0.39, 0.29) is 18.1 Å². The van der Waals surface area contributed by atoms with Gasteiger partial charge in [-0.3, -0.25) is 24.8 Å². The molecular weight excluding hydrogens is 936 g/mol. The van der Waals surface area contributed by atoms with Crippen LogP contribution in [0.15, 0.2) is 40.5 Å². The fourth-order valence-corrected chi connectivity index (χ4v) is 19.3. The maximum absolute atomic E-state index is 7.32. The van der Waals surface area contributed by atoms with Crippen LogP contribution in [0.3, 0.4) is 0 Å². The van der Waals surface area contributed by atoms with E-state index in [1.807, 2.05) is 0 Å². The fourth-order valence-electron chi connectivity index (χ4n) is 9.71. The normalized spacial score (nSPS) is 34.4. The predicted octanol–water partition coefficient (Wildman–Crippen LogP) is 5.79. The third-order valence-corrected chi connectivity index (χ3v) is 24.5. The molecule has 6 bridgehead atoms. The molecule has 69 heavy (non-hydrogen) atoms. The van der Waals surface area contributed by atoms with Crippen LogP contribution in [0.2, 0.25) is 0 Å². The van der Waals surface area contributed by atoms with Crippen LogP contribution < -0.4 is 0 Å². The van der Waals surface area contributed by atoms with Gasteiger partial charge in [-0.05, 0) is 92.1 Å². The Balaban J connectivity index is 0.000000953. The molecule has 10 aliphatic rings. The lowest BCUT2D eigenvalue weighted by atomic mass is 9.88. The van der Waals surface area contributed by atoms with E-state index in [9.17, 15) is 0 Å². The second kappa shape index (κ2) is 30.0. The van der Waals surface area contributed by atoms with Crippen molar-refractivity contribution in [3.05, 3.63) is 5.43 Å². The van der Waals surface area contributed by atoms with Crippen molar-refractivity contribution in [3.8, 4) is 24.3 Å². The van der Waals surface area contributed by atoms with Crippen molar-refractivity contribution in [1.29, 1.82) is 21.0 Å². The standard InChI is InChI=1S/C33H72N21P3.4C2H3N/c1-43-10-19-52-20-11-44(2)55(43,45(3)12-21-52)40-37-34-31-28-32(35-38-41-56-46(4)13-22-53(23-14-47(56)5)24-15-48(56)6)30-33(29-31)36-39-42-57-49(7)16-25-54(26-17-50(57)8)27-18-51(57)9;4*1-2-3/h31-33H,10-30H2,1-9H3;4*1H3/t31-,32+,33?;;;;. The summed E-state index contributed by atoms with van der Waals surface area (Å²) in [4.78, 5) is 23.2. The average Bonchev–Trinajstić information content (AvgIpc) is 3.30. The van der Waals surface area contributed by atoms with Gasteiger partial charge in [0, 0.05) is 132 Å². The summed E-state index contributed by atoms with van der Waals surface area (Å²) in [6.45, 7) is 23.8. The number of nitrogens with zero attached hydrogens (tertiary/aromatic N) is 25. The first-order chi connectivity index (χ1) is 33.0. The summed E-state index contributed by atoms with van der Waals surface area (Å²) in [5, 5.41) is 53.4. The molecule has 28 heteroatoms. The predicted molar refractivity (Wildman–Crippen MR) is 275 cm³/mol. The second-order valence-electron chi connectivity index (χ2n) is 18.0. The van der Waals surface area contributed by atoms with E-state index in [1.165, 1.54) is 27.7 Å². The van der Waals surface area contributed by atoms with Crippen molar-refractivity contribution in [2.75, 3.05) is 181 Å². The van der Waals surface area contributed by atoms with Crippen LogP contribution in [0.5, 0.6) is 0 Å². The molecule has 1 saturated carbocycles. The first-order valence-corrected chi connectivity index (χ1v) is 28.7. The van der Waals surface area contributed by atoms with Gasteiger partial charge in [0.05, 0.1) is 42.9 Å². The molecule has 0 amide bonds. The summed E-state index contributed by atoms with van der Waals surface area (Å²) < 4.78 is 21.8. The van der Waals surface area contributed by atoms with Crippen molar-refractivity contribution in [1.82, 2.24) is 52.1 Å². The van der Waals surface area contributed by atoms with E-state index < -0.39 is 22.5 Å². The topological polar surface area (TPSA) is 247 Å². The SMILES string of the molecule is CC#N.CC#N.CC#N.CC#N.CN1CCN2CCN(C)P1(=NN=N[C@@H]1CC([N-]/N=N/P34=[N+](C)CCN(CCN3C)CCN4C)C[C@H](N=NN=P34N(C)CCN(CCN3C)CCN4C)C1)N(C)CC2. The molecule has 10 rings (SSSR count). The fraction of sp³-hybridized carbons (Fsp3) is 0.902. The summed E-state index contributed by atoms with van der Waals surface area (Å²) in [5.74, 6) is 0. The maximum Gasteiger partial charge on any atom is 0.273 e. The van der Waals surface area contributed by atoms with E-state index in [1.54, 1.807) is 24.3 Å². The molecule has 388 valence electrons. The lowest BCUT2D eigenvalue weighted by molar-refractivity contribution is -0.486. The zero-order chi connectivity index (χ0) is 51.2. The van der Waals surface area contributed by atoms with E-state index in [4.69, 9.17) is 67.0 Å². The van der Waals surface area contributed by atoms with Crippen LogP contribution in [-0.2, 0) is 0 Å². The smallest absolute Gasteiger partial charge is 0.273 e. The average molecular weight is 1020 g/mol. The lowest BCUT2D eigenvalue weighted by Crippen LogP contribution is -2.51. The minimum Gasteiger partial charge on any atom is -0.378 e. The maximum atomic E-state index is 7.32. The van der Waals surface area contributed by atoms with Crippen molar-refractivity contribution < 1.29 is 4.33 Å². The largest absolute Gasteiger partial charge is 0.378 e. The molecule has 1 unspecified atom stereocenters. The molecule has 3 atom stereocenters. The van der Waals surface area contributed by atoms with Crippen LogP contribution in [-0.4, -0.2) is 256 Å². The van der Waals surface area contributed by atoms with Gasteiger partial charge in [0.15, 0.2) is 21.6 Å². The van der Waals surface area contributed by atoms with E-state index >= 15 is 0 Å². The minimum atomic E-state index is -2.23. The van der Waals surface area contributed by atoms with Crippen molar-refractivity contribution in [2.24, 2.45) is 40.5 Å². The number of hydrogen-bond acceptors (Lipinski definition) is 13. The van der Waals surface area contributed by atoms with Gasteiger partial charge >= 0.3 is 0 Å². The third-order valence-electron chi connectivity index (χ3n) is 13.5. The molecule has 9 heterocycles. The van der Waals surface area contributed by atoms with E-state index in [0.29, 0.717) is 19.3 Å². The Morgan fingerprint density at radius 3 is 1.06 bits per heavy atom. The van der Waals surface area contributed by atoms with Crippen LogP contribution in [0, 0.1) is 45.3 Å². The van der Waals surface area contributed by atoms with E-state index in [0.717, 1.165) is 118 Å². The van der Waals surface area contributed by atoms with Crippen molar-refractivity contribution in [2.45, 2.75) is 65.1 Å². The highest BCUT2D eigenvalue weighted by Crippen LogP contribution is 2.60. The van der Waals surface area contributed by atoms with Gasteiger partial charge in [0.1, 0.15) is 7.05 Å². The Morgan fingerprint density at radius 1 is 0.449 bits per heavy atom. The van der Waals surface area contributed by atoms with Gasteiger partial charge in [-0.25, -0.2) is 41.7 Å². The van der Waals surface area contributed by atoms with E-state index in [2.05, 4.69) is 120 Å². The molecular formula is C41H84N25P3. The molecule has 25 nitrogen and oxygen atoms in total. The highest BCUT2D eigenvalue weighted by molar-refractivity contribution is 7.59. The molecule has 0 aromatic heterocycles. The highest BCUT2D eigenvalue weighted by Gasteiger charge is 2.42. The second-order valence-corrected chi connectivity index (χ2v) is 27.9. The molecule has 8 fully saturated rings. The minimum absolute atomic E-state index is 0.126. The summed E-state index contributed by atoms with van der Waals surface area (Å²) >= 11 is 0. The number of rotatable bonds is 7. The Kier molecular flexibility index (Phi) is 26.1. The molecule has 7 saturated heterocycles. The summed E-state index contributed by atoms with van der Waals surface area (Å²) in [5.41, 5.74) is 4.97. The van der Waals surface area contributed by atoms with Crippen LogP contribution in [0.25, 0.3) is 5.43 Å². The molecule has 0 radical (unpaired) electrons. The first-order valence-electron chi connectivity index (χ1n) is 23.9. The summed E-state index contributed by atoms with van der Waals surface area (Å²) in [6, 6.07) is 6.62. The molecule has 0 N–H and O–H groups in total.